The number of rotatable bonds is 13. The molecule has 268 valence electrons. The summed E-state index contributed by atoms with van der Waals surface area (Å²) in [6, 6.07) is 44.2. The highest BCUT2D eigenvalue weighted by atomic mass is 35.5. The molecule has 0 spiro atoms. The molecular weight excluding hydrogens is 704 g/mol. The molecule has 0 aliphatic carbocycles. The maximum Gasteiger partial charge on any atom is 0.326 e. The van der Waals surface area contributed by atoms with Crippen LogP contribution in [0, 0.1) is 0 Å². The molecule has 9 heteroatoms. The molecule has 0 aliphatic heterocycles. The molecule has 0 saturated heterocycles. The maximum absolute atomic E-state index is 14.6. The van der Waals surface area contributed by atoms with E-state index in [1.165, 1.54) is 22.5 Å². The minimum Gasteiger partial charge on any atom is -0.480 e. The number of nitrogens with one attached hydrogen (secondary N) is 1. The van der Waals surface area contributed by atoms with Crippen molar-refractivity contribution >= 4 is 39.2 Å². The molecule has 6 aromatic carbocycles. The zero-order valence-corrected chi connectivity index (χ0v) is 30.9. The number of anilines is 1. The summed E-state index contributed by atoms with van der Waals surface area (Å²) in [5.41, 5.74) is 6.27. The van der Waals surface area contributed by atoms with E-state index < -0.39 is 27.9 Å². The quantitative estimate of drug-likeness (QED) is 0.123. The second-order valence-electron chi connectivity index (χ2n) is 13.1. The molecule has 0 aliphatic rings. The Morgan fingerprint density at radius 3 is 1.72 bits per heavy atom. The van der Waals surface area contributed by atoms with E-state index in [1.54, 1.807) is 24.3 Å². The van der Waals surface area contributed by atoms with Crippen LogP contribution >= 0.6 is 11.6 Å². The van der Waals surface area contributed by atoms with Gasteiger partial charge in [-0.3, -0.25) is 9.10 Å². The number of aliphatic carboxylic acids is 1. The lowest BCUT2D eigenvalue weighted by Crippen LogP contribution is -2.43. The molecule has 0 heterocycles. The molecule has 0 radical (unpaired) electrons. The smallest absolute Gasteiger partial charge is 0.326 e. The molecule has 0 fully saturated rings. The van der Waals surface area contributed by atoms with Crippen LogP contribution in [0.3, 0.4) is 0 Å². The number of carbonyl (C=O) groups is 2. The molecule has 7 nitrogen and oxygen atoms in total. The minimum absolute atomic E-state index is 0.00399. The van der Waals surface area contributed by atoms with Crippen LogP contribution < -0.4 is 9.62 Å². The highest BCUT2D eigenvalue weighted by Gasteiger charge is 2.31. The summed E-state index contributed by atoms with van der Waals surface area (Å²) in [4.78, 5) is 26.6. The summed E-state index contributed by atoms with van der Waals surface area (Å²) < 4.78 is 30.4. The highest BCUT2D eigenvalue weighted by Crippen LogP contribution is 2.33. The van der Waals surface area contributed by atoms with Crippen LogP contribution in [0.5, 0.6) is 0 Å². The fourth-order valence-electron chi connectivity index (χ4n) is 6.09. The van der Waals surface area contributed by atoms with Crippen LogP contribution in [-0.4, -0.2) is 31.4 Å². The molecular formula is C44H39ClN2O5S. The van der Waals surface area contributed by atoms with Gasteiger partial charge in [0.1, 0.15) is 6.04 Å². The van der Waals surface area contributed by atoms with E-state index in [1.807, 2.05) is 109 Å². The Morgan fingerprint density at radius 1 is 0.679 bits per heavy atom. The molecule has 1 atom stereocenters. The summed E-state index contributed by atoms with van der Waals surface area (Å²) in [5.74, 6) is -1.73. The summed E-state index contributed by atoms with van der Waals surface area (Å²) in [7, 11) is -4.27. The molecule has 0 unspecified atom stereocenters. The predicted molar refractivity (Wildman–Crippen MR) is 212 cm³/mol. The highest BCUT2D eigenvalue weighted by molar-refractivity contribution is 7.92. The van der Waals surface area contributed by atoms with Gasteiger partial charge in [-0.1, -0.05) is 147 Å². The van der Waals surface area contributed by atoms with Crippen LogP contribution in [0.2, 0.25) is 5.02 Å². The topological polar surface area (TPSA) is 104 Å². The largest absolute Gasteiger partial charge is 0.480 e. The third-order valence-corrected chi connectivity index (χ3v) is 11.1. The van der Waals surface area contributed by atoms with Crippen molar-refractivity contribution in [3.63, 3.8) is 0 Å². The second-order valence-corrected chi connectivity index (χ2v) is 15.4. The fourth-order valence-corrected chi connectivity index (χ4v) is 7.74. The van der Waals surface area contributed by atoms with Crippen molar-refractivity contribution in [2.75, 3.05) is 4.31 Å². The predicted octanol–water partition coefficient (Wildman–Crippen LogP) is 9.62. The average Bonchev–Trinajstić information content (AvgIpc) is 3.18. The van der Waals surface area contributed by atoms with Gasteiger partial charge in [0, 0.05) is 11.4 Å². The van der Waals surface area contributed by atoms with Gasteiger partial charge < -0.3 is 10.4 Å². The van der Waals surface area contributed by atoms with E-state index in [-0.39, 0.29) is 40.1 Å². The number of halogens is 1. The Bertz CT molecular complexity index is 2300. The third-order valence-electron chi connectivity index (χ3n) is 9.10. The van der Waals surface area contributed by atoms with Gasteiger partial charge in [-0.2, -0.15) is 0 Å². The van der Waals surface area contributed by atoms with Gasteiger partial charge in [0.2, 0.25) is 0 Å². The lowest BCUT2D eigenvalue weighted by molar-refractivity contribution is -0.139. The third kappa shape index (κ3) is 8.85. The normalized spacial score (nSPS) is 11.9. The van der Waals surface area contributed by atoms with E-state index in [4.69, 9.17) is 11.6 Å². The number of sulfonamides is 1. The summed E-state index contributed by atoms with van der Waals surface area (Å²) in [6.07, 6.45) is 0.00399. The lowest BCUT2D eigenvalue weighted by atomic mass is 10.0. The number of hydrogen-bond acceptors (Lipinski definition) is 4. The fraction of sp³-hybridized carbons (Fsp3) is 0.136. The molecule has 6 rings (SSSR count). The van der Waals surface area contributed by atoms with Crippen molar-refractivity contribution in [3.05, 3.63) is 179 Å². The Balaban J connectivity index is 1.34. The van der Waals surface area contributed by atoms with Crippen molar-refractivity contribution in [3.8, 4) is 22.3 Å². The molecule has 1 amide bonds. The lowest BCUT2D eigenvalue weighted by Gasteiger charge is -2.27. The minimum atomic E-state index is -4.27. The number of carbonyl (C=O) groups excluding carboxylic acids is 1. The van der Waals surface area contributed by atoms with Gasteiger partial charge >= 0.3 is 5.97 Å². The summed E-state index contributed by atoms with van der Waals surface area (Å²) >= 11 is 6.41. The molecule has 53 heavy (non-hydrogen) atoms. The molecule has 0 aromatic heterocycles. The van der Waals surface area contributed by atoms with Crippen molar-refractivity contribution in [1.82, 2.24) is 5.32 Å². The monoisotopic (exact) mass is 742 g/mol. The van der Waals surface area contributed by atoms with Crippen LogP contribution in [-0.2, 0) is 27.8 Å². The number of amides is 1. The first kappa shape index (κ1) is 37.1. The first-order chi connectivity index (χ1) is 25.5. The van der Waals surface area contributed by atoms with E-state index in [9.17, 15) is 23.1 Å². The first-order valence-corrected chi connectivity index (χ1v) is 19.1. The zero-order chi connectivity index (χ0) is 37.5. The van der Waals surface area contributed by atoms with Gasteiger partial charge in [0.25, 0.3) is 15.9 Å². The van der Waals surface area contributed by atoms with Gasteiger partial charge in [0.05, 0.1) is 22.7 Å². The van der Waals surface area contributed by atoms with Crippen molar-refractivity contribution in [1.29, 1.82) is 0 Å². The molecule has 2 N–H and O–H groups in total. The number of carboxylic acid groups (broad SMARTS) is 1. The van der Waals surface area contributed by atoms with Crippen molar-refractivity contribution < 1.29 is 23.1 Å². The number of nitrogens with zero attached hydrogens (tertiary/aromatic N) is 1. The Kier molecular flexibility index (Phi) is 11.4. The van der Waals surface area contributed by atoms with Crippen LogP contribution in [0.25, 0.3) is 22.3 Å². The number of benzene rings is 6. The first-order valence-electron chi connectivity index (χ1n) is 17.2. The Hall–Kier alpha value is -5.70. The van der Waals surface area contributed by atoms with Crippen LogP contribution in [0.1, 0.15) is 46.8 Å². The van der Waals surface area contributed by atoms with E-state index >= 15 is 0 Å². The van der Waals surface area contributed by atoms with Crippen molar-refractivity contribution in [2.24, 2.45) is 0 Å². The van der Waals surface area contributed by atoms with E-state index in [0.717, 1.165) is 27.8 Å². The van der Waals surface area contributed by atoms with Gasteiger partial charge in [0.15, 0.2) is 0 Å². The summed E-state index contributed by atoms with van der Waals surface area (Å²) in [5, 5.41) is 13.0. The summed E-state index contributed by atoms with van der Waals surface area (Å²) in [6.45, 7) is 4.06. The zero-order valence-electron chi connectivity index (χ0n) is 29.3. The van der Waals surface area contributed by atoms with Crippen LogP contribution in [0.4, 0.5) is 5.69 Å². The maximum atomic E-state index is 14.6. The Labute approximate surface area is 315 Å². The number of carboxylic acids is 1. The molecule has 0 saturated carbocycles. The molecule has 6 aromatic rings. The second kappa shape index (κ2) is 16.3. The molecule has 0 bridgehead atoms. The van der Waals surface area contributed by atoms with Gasteiger partial charge in [-0.15, -0.1) is 0 Å². The SMILES string of the molecule is CC(C)c1ccc(CN(c2ccc(Cl)cc2C(=O)N[C@@H](Cc2ccc(-c3ccccc3)cc2)C(=O)O)S(=O)(=O)c2ccc(-c3ccccc3)cc2)cc1. The standard InChI is InChI=1S/C44H39ClN2O5S/c1-30(2)33-17-15-32(16-18-33)29-47(53(51,52)39-24-21-37(22-25-39)35-11-7-4-8-12-35)42-26-23-38(45)28-40(42)43(48)46-41(44(49)50)27-31-13-19-36(20-14-31)34-9-5-3-6-10-34/h3-26,28,30,41H,27,29H2,1-2H3,(H,46,48)(H,49,50)/t41-/m0/s1. The van der Waals surface area contributed by atoms with E-state index in [0.29, 0.717) is 11.1 Å². The average molecular weight is 743 g/mol. The van der Waals surface area contributed by atoms with Gasteiger partial charge in [-0.25, -0.2) is 13.2 Å². The number of hydrogen-bond donors (Lipinski definition) is 2. The van der Waals surface area contributed by atoms with Gasteiger partial charge in [-0.05, 0) is 75.2 Å². The van der Waals surface area contributed by atoms with E-state index in [2.05, 4.69) is 19.2 Å². The van der Waals surface area contributed by atoms with Crippen LogP contribution in [0.15, 0.2) is 157 Å². The van der Waals surface area contributed by atoms with Crippen molar-refractivity contribution in [2.45, 2.75) is 43.7 Å². The Morgan fingerprint density at radius 2 is 1.19 bits per heavy atom.